The standard InChI is InChI=1S/C16H20N4O.ClH/c1-2-5-11-6-3-4-7-13(11)18-16(21)15-12-10-17-9-8-14(12)19-20-15;/h3-4,6-7,17H,2,5,8-10H2,1H3,(H,18,21)(H,19,20);1H. The van der Waals surface area contributed by atoms with E-state index in [-0.39, 0.29) is 18.3 Å². The van der Waals surface area contributed by atoms with Gasteiger partial charge in [-0.05, 0) is 18.1 Å². The molecule has 22 heavy (non-hydrogen) atoms. The Kier molecular flexibility index (Phi) is 5.57. The quantitative estimate of drug-likeness (QED) is 0.811. The van der Waals surface area contributed by atoms with Crippen LogP contribution in [-0.4, -0.2) is 22.6 Å². The van der Waals surface area contributed by atoms with Crippen molar-refractivity contribution in [2.24, 2.45) is 0 Å². The molecule has 2 heterocycles. The number of carbonyl (C=O) groups is 1. The molecule has 1 aliphatic heterocycles. The second kappa shape index (κ2) is 7.42. The van der Waals surface area contributed by atoms with Crippen LogP contribution in [0.5, 0.6) is 0 Å². The first-order valence-corrected chi connectivity index (χ1v) is 7.45. The molecular weight excluding hydrogens is 300 g/mol. The number of para-hydroxylation sites is 1. The molecule has 3 N–H and O–H groups in total. The summed E-state index contributed by atoms with van der Waals surface area (Å²) in [6, 6.07) is 7.94. The molecule has 5 nitrogen and oxygen atoms in total. The highest BCUT2D eigenvalue weighted by atomic mass is 35.5. The highest BCUT2D eigenvalue weighted by Crippen LogP contribution is 2.20. The second-order valence-electron chi connectivity index (χ2n) is 5.32. The number of hydrogen-bond donors (Lipinski definition) is 3. The van der Waals surface area contributed by atoms with Crippen molar-refractivity contribution >= 4 is 24.0 Å². The molecule has 0 atom stereocenters. The molecular formula is C16H21ClN4O. The smallest absolute Gasteiger partial charge is 0.276 e. The lowest BCUT2D eigenvalue weighted by molar-refractivity contribution is 0.102. The van der Waals surface area contributed by atoms with Crippen molar-refractivity contribution in [3.05, 3.63) is 46.8 Å². The number of rotatable bonds is 4. The summed E-state index contributed by atoms with van der Waals surface area (Å²) in [7, 11) is 0. The number of amides is 1. The van der Waals surface area contributed by atoms with Crippen LogP contribution in [0.15, 0.2) is 24.3 Å². The number of aryl methyl sites for hydroxylation is 1. The maximum absolute atomic E-state index is 12.5. The van der Waals surface area contributed by atoms with Crippen LogP contribution in [0, 0.1) is 0 Å². The van der Waals surface area contributed by atoms with Gasteiger partial charge in [0.2, 0.25) is 0 Å². The van der Waals surface area contributed by atoms with Gasteiger partial charge in [-0.25, -0.2) is 0 Å². The summed E-state index contributed by atoms with van der Waals surface area (Å²) in [6.07, 6.45) is 2.90. The van der Waals surface area contributed by atoms with Gasteiger partial charge in [-0.15, -0.1) is 12.4 Å². The summed E-state index contributed by atoms with van der Waals surface area (Å²) < 4.78 is 0. The summed E-state index contributed by atoms with van der Waals surface area (Å²) in [5, 5.41) is 13.5. The molecule has 1 aromatic carbocycles. The van der Waals surface area contributed by atoms with Crippen molar-refractivity contribution in [2.45, 2.75) is 32.7 Å². The minimum Gasteiger partial charge on any atom is -0.320 e. The molecule has 0 unspecified atom stereocenters. The number of fused-ring (bicyclic) bond motifs is 1. The zero-order chi connectivity index (χ0) is 14.7. The Morgan fingerprint density at radius 1 is 1.36 bits per heavy atom. The van der Waals surface area contributed by atoms with E-state index in [9.17, 15) is 4.79 Å². The highest BCUT2D eigenvalue weighted by Gasteiger charge is 2.21. The number of halogens is 1. The van der Waals surface area contributed by atoms with Crippen molar-refractivity contribution in [3.8, 4) is 0 Å². The van der Waals surface area contributed by atoms with E-state index in [0.717, 1.165) is 48.3 Å². The summed E-state index contributed by atoms with van der Waals surface area (Å²) >= 11 is 0. The Hall–Kier alpha value is -1.85. The van der Waals surface area contributed by atoms with Gasteiger partial charge in [-0.2, -0.15) is 5.10 Å². The van der Waals surface area contributed by atoms with E-state index in [1.165, 1.54) is 0 Å². The van der Waals surface area contributed by atoms with Gasteiger partial charge in [0.1, 0.15) is 0 Å². The number of hydrogen-bond acceptors (Lipinski definition) is 3. The molecule has 118 valence electrons. The van der Waals surface area contributed by atoms with Crippen LogP contribution in [0.2, 0.25) is 0 Å². The molecule has 1 amide bonds. The van der Waals surface area contributed by atoms with Crippen molar-refractivity contribution in [2.75, 3.05) is 11.9 Å². The number of H-pyrrole nitrogens is 1. The summed E-state index contributed by atoms with van der Waals surface area (Å²) in [4.78, 5) is 12.5. The van der Waals surface area contributed by atoms with Gasteiger partial charge in [-0.1, -0.05) is 31.5 Å². The Balaban J connectivity index is 0.00000176. The van der Waals surface area contributed by atoms with E-state index >= 15 is 0 Å². The van der Waals surface area contributed by atoms with Gasteiger partial charge < -0.3 is 10.6 Å². The largest absolute Gasteiger partial charge is 0.320 e. The molecule has 1 aliphatic rings. The Morgan fingerprint density at radius 3 is 3.00 bits per heavy atom. The molecule has 0 saturated heterocycles. The Morgan fingerprint density at radius 2 is 2.18 bits per heavy atom. The topological polar surface area (TPSA) is 69.8 Å². The maximum Gasteiger partial charge on any atom is 0.276 e. The lowest BCUT2D eigenvalue weighted by Crippen LogP contribution is -2.25. The fourth-order valence-electron chi connectivity index (χ4n) is 2.72. The Bertz CT molecular complexity index is 653. The molecule has 1 aromatic heterocycles. The van der Waals surface area contributed by atoms with Crippen molar-refractivity contribution in [1.82, 2.24) is 15.5 Å². The normalized spacial score (nSPS) is 13.1. The predicted molar refractivity (Wildman–Crippen MR) is 89.6 cm³/mol. The highest BCUT2D eigenvalue weighted by molar-refractivity contribution is 6.04. The molecule has 0 bridgehead atoms. The lowest BCUT2D eigenvalue weighted by atomic mass is 10.1. The van der Waals surface area contributed by atoms with Gasteiger partial charge in [0.25, 0.3) is 5.91 Å². The molecule has 0 spiro atoms. The first-order valence-electron chi connectivity index (χ1n) is 7.45. The third-order valence-electron chi connectivity index (χ3n) is 3.81. The molecule has 6 heteroatoms. The van der Waals surface area contributed by atoms with Crippen LogP contribution < -0.4 is 10.6 Å². The molecule has 0 radical (unpaired) electrons. The van der Waals surface area contributed by atoms with Crippen LogP contribution in [0.3, 0.4) is 0 Å². The van der Waals surface area contributed by atoms with Crippen LogP contribution in [-0.2, 0) is 19.4 Å². The third kappa shape index (κ3) is 3.31. The third-order valence-corrected chi connectivity index (χ3v) is 3.81. The lowest BCUT2D eigenvalue weighted by Gasteiger charge is -2.13. The van der Waals surface area contributed by atoms with E-state index in [4.69, 9.17) is 0 Å². The number of carbonyl (C=O) groups excluding carboxylic acids is 1. The minimum atomic E-state index is -0.139. The molecule has 0 aliphatic carbocycles. The number of anilines is 1. The number of aromatic nitrogens is 2. The van der Waals surface area contributed by atoms with Crippen molar-refractivity contribution in [3.63, 3.8) is 0 Å². The van der Waals surface area contributed by atoms with E-state index < -0.39 is 0 Å². The maximum atomic E-state index is 12.5. The number of nitrogens with zero attached hydrogens (tertiary/aromatic N) is 1. The fourth-order valence-corrected chi connectivity index (χ4v) is 2.72. The first kappa shape index (κ1) is 16.5. The number of nitrogens with one attached hydrogen (secondary N) is 3. The molecule has 0 saturated carbocycles. The van der Waals surface area contributed by atoms with Gasteiger partial charge in [-0.3, -0.25) is 9.89 Å². The summed E-state index contributed by atoms with van der Waals surface area (Å²) in [5.41, 5.74) is 4.61. The number of benzene rings is 1. The SMILES string of the molecule is CCCc1ccccc1NC(=O)c1n[nH]c2c1CNCC2.Cl. The first-order chi connectivity index (χ1) is 10.3. The predicted octanol–water partition coefficient (Wildman–Crippen LogP) is 2.68. The van der Waals surface area contributed by atoms with E-state index in [1.54, 1.807) is 0 Å². The van der Waals surface area contributed by atoms with Gasteiger partial charge in [0.15, 0.2) is 5.69 Å². The van der Waals surface area contributed by atoms with Crippen LogP contribution >= 0.6 is 12.4 Å². The number of aromatic amines is 1. The van der Waals surface area contributed by atoms with E-state index in [2.05, 4.69) is 33.8 Å². The zero-order valence-corrected chi connectivity index (χ0v) is 13.4. The zero-order valence-electron chi connectivity index (χ0n) is 12.6. The van der Waals surface area contributed by atoms with Crippen LogP contribution in [0.25, 0.3) is 0 Å². The molecule has 3 rings (SSSR count). The monoisotopic (exact) mass is 320 g/mol. The van der Waals surface area contributed by atoms with Crippen molar-refractivity contribution in [1.29, 1.82) is 0 Å². The Labute approximate surface area is 136 Å². The van der Waals surface area contributed by atoms with Gasteiger partial charge >= 0.3 is 0 Å². The van der Waals surface area contributed by atoms with Gasteiger partial charge in [0, 0.05) is 36.5 Å². The second-order valence-corrected chi connectivity index (χ2v) is 5.32. The minimum absolute atomic E-state index is 0. The van der Waals surface area contributed by atoms with E-state index in [1.807, 2.05) is 18.2 Å². The molecule has 0 fully saturated rings. The van der Waals surface area contributed by atoms with Crippen LogP contribution in [0.4, 0.5) is 5.69 Å². The molecule has 2 aromatic rings. The summed E-state index contributed by atoms with van der Waals surface area (Å²) in [5.74, 6) is -0.139. The van der Waals surface area contributed by atoms with E-state index in [0.29, 0.717) is 12.2 Å². The fraction of sp³-hybridized carbons (Fsp3) is 0.375. The average molecular weight is 321 g/mol. The average Bonchev–Trinajstić information content (AvgIpc) is 2.93. The van der Waals surface area contributed by atoms with Gasteiger partial charge in [0.05, 0.1) is 0 Å². The summed E-state index contributed by atoms with van der Waals surface area (Å²) in [6.45, 7) is 3.76. The van der Waals surface area contributed by atoms with Crippen molar-refractivity contribution < 1.29 is 4.79 Å². The van der Waals surface area contributed by atoms with Crippen LogP contribution in [0.1, 0.15) is 40.7 Å².